The van der Waals surface area contributed by atoms with E-state index in [2.05, 4.69) is 47.4 Å². The lowest BCUT2D eigenvalue weighted by Crippen LogP contribution is -2.49. The summed E-state index contributed by atoms with van der Waals surface area (Å²) in [5.74, 6) is -0.562. The summed E-state index contributed by atoms with van der Waals surface area (Å²) in [7, 11) is 0. The summed E-state index contributed by atoms with van der Waals surface area (Å²) in [5, 5.41) is 4.35. The van der Waals surface area contributed by atoms with Crippen LogP contribution < -0.4 is 0 Å². The van der Waals surface area contributed by atoms with Crippen molar-refractivity contribution in [2.24, 2.45) is 0 Å². The number of fused-ring (bicyclic) bond motifs is 1. The van der Waals surface area contributed by atoms with E-state index in [-0.39, 0.29) is 12.5 Å². The van der Waals surface area contributed by atoms with Crippen molar-refractivity contribution < 1.29 is 14.3 Å². The Kier molecular flexibility index (Phi) is 5.69. The Morgan fingerprint density at radius 3 is 2.50 bits per heavy atom. The van der Waals surface area contributed by atoms with Crippen molar-refractivity contribution in [3.63, 3.8) is 0 Å². The zero-order valence-electron chi connectivity index (χ0n) is 15.5. The molecule has 1 saturated heterocycles. The molecule has 144 valence electrons. The Hall–Kier alpha value is -2.70. The van der Waals surface area contributed by atoms with Crippen molar-refractivity contribution >= 4 is 34.0 Å². The van der Waals surface area contributed by atoms with E-state index in [0.717, 1.165) is 19.6 Å². The van der Waals surface area contributed by atoms with Crippen molar-refractivity contribution in [2.75, 3.05) is 32.8 Å². The molecule has 0 N–H and O–H groups in total. The summed E-state index contributed by atoms with van der Waals surface area (Å²) in [5.41, 5.74) is 1.31. The first-order chi connectivity index (χ1) is 13.7. The van der Waals surface area contributed by atoms with Gasteiger partial charge in [-0.05, 0) is 27.8 Å². The monoisotopic (exact) mass is 394 g/mol. The van der Waals surface area contributed by atoms with Crippen LogP contribution in [0.1, 0.15) is 15.2 Å². The van der Waals surface area contributed by atoms with Crippen LogP contribution in [-0.2, 0) is 16.1 Å². The molecule has 2 heterocycles. The molecule has 2 aromatic carbocycles. The van der Waals surface area contributed by atoms with Gasteiger partial charge in [-0.3, -0.25) is 9.69 Å². The highest BCUT2D eigenvalue weighted by Gasteiger charge is 2.22. The molecule has 0 radical (unpaired) electrons. The van der Waals surface area contributed by atoms with Gasteiger partial charge >= 0.3 is 5.97 Å². The van der Waals surface area contributed by atoms with E-state index < -0.39 is 5.97 Å². The summed E-state index contributed by atoms with van der Waals surface area (Å²) in [6, 6.07) is 18.3. The molecule has 4 rings (SSSR count). The Morgan fingerprint density at radius 1 is 0.929 bits per heavy atom. The van der Waals surface area contributed by atoms with E-state index in [1.165, 1.54) is 27.7 Å². The number of carbonyl (C=O) groups is 2. The van der Waals surface area contributed by atoms with E-state index in [1.54, 1.807) is 17.0 Å². The van der Waals surface area contributed by atoms with Gasteiger partial charge in [-0.15, -0.1) is 11.3 Å². The fourth-order valence-corrected chi connectivity index (χ4v) is 4.13. The first-order valence-corrected chi connectivity index (χ1v) is 10.3. The van der Waals surface area contributed by atoms with E-state index in [0.29, 0.717) is 18.0 Å². The topological polar surface area (TPSA) is 49.9 Å². The van der Waals surface area contributed by atoms with Gasteiger partial charge in [-0.25, -0.2) is 4.79 Å². The molecule has 1 aliphatic rings. The van der Waals surface area contributed by atoms with Crippen LogP contribution >= 0.6 is 11.3 Å². The Morgan fingerprint density at radius 2 is 1.71 bits per heavy atom. The second-order valence-corrected chi connectivity index (χ2v) is 7.80. The van der Waals surface area contributed by atoms with Crippen LogP contribution in [0.2, 0.25) is 0 Å². The minimum atomic E-state index is -0.432. The van der Waals surface area contributed by atoms with Crippen LogP contribution in [0.3, 0.4) is 0 Å². The molecular weight excluding hydrogens is 372 g/mol. The Bertz CT molecular complexity index is 958. The van der Waals surface area contributed by atoms with Gasteiger partial charge in [0.15, 0.2) is 6.61 Å². The molecule has 1 amide bonds. The van der Waals surface area contributed by atoms with Crippen molar-refractivity contribution in [2.45, 2.75) is 6.54 Å². The number of thiophene rings is 1. The highest BCUT2D eigenvalue weighted by atomic mass is 32.1. The van der Waals surface area contributed by atoms with Gasteiger partial charge in [-0.1, -0.05) is 48.5 Å². The smallest absolute Gasteiger partial charge is 0.348 e. The van der Waals surface area contributed by atoms with Crippen LogP contribution in [-0.4, -0.2) is 54.5 Å². The summed E-state index contributed by atoms with van der Waals surface area (Å²) in [4.78, 5) is 28.9. The number of rotatable bonds is 5. The second kappa shape index (κ2) is 8.54. The molecule has 0 saturated carbocycles. The maximum atomic E-state index is 12.3. The van der Waals surface area contributed by atoms with Gasteiger partial charge in [0.1, 0.15) is 4.88 Å². The van der Waals surface area contributed by atoms with Gasteiger partial charge in [-0.2, -0.15) is 0 Å². The highest BCUT2D eigenvalue weighted by molar-refractivity contribution is 7.11. The maximum absolute atomic E-state index is 12.3. The van der Waals surface area contributed by atoms with E-state index in [1.807, 2.05) is 5.38 Å². The number of nitrogens with zero attached hydrogens (tertiary/aromatic N) is 2. The number of hydrogen-bond donors (Lipinski definition) is 0. The number of carbonyl (C=O) groups excluding carboxylic acids is 2. The summed E-state index contributed by atoms with van der Waals surface area (Å²) < 4.78 is 5.14. The number of amides is 1. The van der Waals surface area contributed by atoms with Gasteiger partial charge in [0.2, 0.25) is 0 Å². The zero-order chi connectivity index (χ0) is 19.3. The van der Waals surface area contributed by atoms with E-state index in [4.69, 9.17) is 4.74 Å². The normalized spacial score (nSPS) is 14.9. The maximum Gasteiger partial charge on any atom is 0.348 e. The lowest BCUT2D eigenvalue weighted by atomic mass is 10.0. The average molecular weight is 394 g/mol. The molecule has 1 aliphatic heterocycles. The number of ether oxygens (including phenoxy) is 1. The Balaban J connectivity index is 1.28. The van der Waals surface area contributed by atoms with E-state index in [9.17, 15) is 9.59 Å². The average Bonchev–Trinajstić information content (AvgIpc) is 3.28. The summed E-state index contributed by atoms with van der Waals surface area (Å²) in [6.07, 6.45) is 0. The fraction of sp³-hybridized carbons (Fsp3) is 0.273. The molecule has 3 aromatic rings. The third kappa shape index (κ3) is 4.24. The fourth-order valence-electron chi connectivity index (χ4n) is 3.51. The van der Waals surface area contributed by atoms with E-state index >= 15 is 0 Å². The molecule has 1 fully saturated rings. The second-order valence-electron chi connectivity index (χ2n) is 6.85. The van der Waals surface area contributed by atoms with Crippen molar-refractivity contribution in [1.82, 2.24) is 9.80 Å². The molecule has 28 heavy (non-hydrogen) atoms. The SMILES string of the molecule is O=C(OCC(=O)N1CCN(Cc2cccc3ccccc23)CC1)c1cccs1. The van der Waals surface area contributed by atoms with Crippen LogP contribution in [0.4, 0.5) is 0 Å². The summed E-state index contributed by atoms with van der Waals surface area (Å²) >= 11 is 1.31. The van der Waals surface area contributed by atoms with Crippen molar-refractivity contribution in [1.29, 1.82) is 0 Å². The molecule has 1 aromatic heterocycles. The summed E-state index contributed by atoms with van der Waals surface area (Å²) in [6.45, 7) is 3.61. The third-order valence-corrected chi connectivity index (χ3v) is 5.90. The van der Waals surface area contributed by atoms with Gasteiger partial charge < -0.3 is 9.64 Å². The number of piperazine rings is 1. The third-order valence-electron chi connectivity index (χ3n) is 5.05. The van der Waals surface area contributed by atoms with Crippen LogP contribution in [0, 0.1) is 0 Å². The minimum absolute atomic E-state index is 0.130. The quantitative estimate of drug-likeness (QED) is 0.623. The van der Waals surface area contributed by atoms with Gasteiger partial charge in [0, 0.05) is 32.7 Å². The zero-order valence-corrected chi connectivity index (χ0v) is 16.4. The molecule has 0 atom stereocenters. The molecule has 0 bridgehead atoms. The first kappa shape index (κ1) is 18.7. The molecule has 0 spiro atoms. The molecule has 5 nitrogen and oxygen atoms in total. The molecular formula is C22H22N2O3S. The highest BCUT2D eigenvalue weighted by Crippen LogP contribution is 2.20. The first-order valence-electron chi connectivity index (χ1n) is 9.38. The number of benzene rings is 2. The van der Waals surface area contributed by atoms with Crippen molar-refractivity contribution in [3.8, 4) is 0 Å². The number of hydrogen-bond acceptors (Lipinski definition) is 5. The van der Waals surface area contributed by atoms with Crippen molar-refractivity contribution in [3.05, 3.63) is 70.4 Å². The predicted molar refractivity (Wildman–Crippen MR) is 110 cm³/mol. The van der Waals surface area contributed by atoms with Gasteiger partial charge in [0.25, 0.3) is 5.91 Å². The van der Waals surface area contributed by atoms with Crippen LogP contribution in [0.15, 0.2) is 60.0 Å². The van der Waals surface area contributed by atoms with Crippen LogP contribution in [0.25, 0.3) is 10.8 Å². The lowest BCUT2D eigenvalue weighted by Gasteiger charge is -2.34. The molecule has 0 unspecified atom stereocenters. The lowest BCUT2D eigenvalue weighted by molar-refractivity contribution is -0.136. The molecule has 0 aliphatic carbocycles. The standard InChI is InChI=1S/C22H22N2O3S/c25-21(16-27-22(26)20-9-4-14-28-20)24-12-10-23(11-13-24)15-18-7-3-6-17-5-1-2-8-19(17)18/h1-9,14H,10-13,15-16H2. The molecule has 6 heteroatoms. The van der Waals surface area contributed by atoms with Crippen LogP contribution in [0.5, 0.6) is 0 Å². The number of esters is 1. The predicted octanol–water partition coefficient (Wildman–Crippen LogP) is 3.40. The minimum Gasteiger partial charge on any atom is -0.451 e. The Labute approximate surface area is 168 Å². The van der Waals surface area contributed by atoms with Gasteiger partial charge in [0.05, 0.1) is 0 Å². The largest absolute Gasteiger partial charge is 0.451 e.